The molecule has 15 heavy (non-hydrogen) atoms. The molecule has 0 unspecified atom stereocenters. The highest BCUT2D eigenvalue weighted by Crippen LogP contribution is 2.29. The summed E-state index contributed by atoms with van der Waals surface area (Å²) in [6, 6.07) is 12.2. The van der Waals surface area contributed by atoms with E-state index in [4.69, 9.17) is 0 Å². The fourth-order valence-corrected chi connectivity index (χ4v) is 1.95. The molecule has 0 N–H and O–H groups in total. The summed E-state index contributed by atoms with van der Waals surface area (Å²) < 4.78 is 0.997. The second-order valence-corrected chi connectivity index (χ2v) is 4.08. The van der Waals surface area contributed by atoms with E-state index in [0.29, 0.717) is 0 Å². The first kappa shape index (κ1) is 10.2. The van der Waals surface area contributed by atoms with Crippen LogP contribution in [-0.4, -0.2) is 12.0 Å². The maximum Gasteiger partial charge on any atom is 0.0595 e. The van der Waals surface area contributed by atoms with Gasteiger partial charge in [-0.3, -0.25) is 4.98 Å². The predicted molar refractivity (Wildman–Crippen MR) is 66.4 cm³/mol. The summed E-state index contributed by atoms with van der Waals surface area (Å²) in [5.41, 5.74) is 2.26. The van der Waals surface area contributed by atoms with Gasteiger partial charge in [-0.1, -0.05) is 18.2 Å². The lowest BCUT2D eigenvalue weighted by molar-refractivity contribution is 1.17. The van der Waals surface area contributed by atoms with Crippen LogP contribution in [0.4, 0.5) is 11.4 Å². The van der Waals surface area contributed by atoms with Crippen LogP contribution in [0.15, 0.2) is 53.3 Å². The molecule has 3 heteroatoms. The summed E-state index contributed by atoms with van der Waals surface area (Å²) in [6.45, 7) is 0. The lowest BCUT2D eigenvalue weighted by Gasteiger charge is -2.20. The number of anilines is 2. The Morgan fingerprint density at radius 3 is 2.53 bits per heavy atom. The summed E-state index contributed by atoms with van der Waals surface area (Å²) in [5, 5.41) is 0. The molecule has 0 aliphatic heterocycles. The molecule has 0 amide bonds. The summed E-state index contributed by atoms with van der Waals surface area (Å²) in [5.74, 6) is 0. The summed E-state index contributed by atoms with van der Waals surface area (Å²) >= 11 is 3.49. The first-order valence-electron chi connectivity index (χ1n) is 4.67. The molecular formula is C12H11BrN2. The SMILES string of the molecule is CN(c1ccccc1)c1ccncc1Br. The average molecular weight is 263 g/mol. The quantitative estimate of drug-likeness (QED) is 0.822. The molecule has 0 aliphatic rings. The first-order valence-corrected chi connectivity index (χ1v) is 5.46. The third-order valence-electron chi connectivity index (χ3n) is 2.26. The lowest BCUT2D eigenvalue weighted by atomic mass is 10.2. The molecule has 1 heterocycles. The predicted octanol–water partition coefficient (Wildman–Crippen LogP) is 3.61. The van der Waals surface area contributed by atoms with Gasteiger partial charge in [0.15, 0.2) is 0 Å². The van der Waals surface area contributed by atoms with Crippen LogP contribution in [0.3, 0.4) is 0 Å². The van der Waals surface area contributed by atoms with Crippen molar-refractivity contribution in [1.29, 1.82) is 0 Å². The fraction of sp³-hybridized carbons (Fsp3) is 0.0833. The Hall–Kier alpha value is -1.35. The first-order chi connectivity index (χ1) is 7.29. The highest BCUT2D eigenvalue weighted by molar-refractivity contribution is 9.10. The standard InChI is InChI=1S/C12H11BrN2/c1-15(10-5-3-2-4-6-10)12-7-8-14-9-11(12)13/h2-9H,1H3. The fourth-order valence-electron chi connectivity index (χ4n) is 1.43. The Balaban J connectivity index is 2.37. The van der Waals surface area contributed by atoms with Crippen LogP contribution in [0.5, 0.6) is 0 Å². The van der Waals surface area contributed by atoms with Crippen LogP contribution in [0, 0.1) is 0 Å². The molecule has 2 rings (SSSR count). The van der Waals surface area contributed by atoms with Gasteiger partial charge >= 0.3 is 0 Å². The molecule has 1 aromatic heterocycles. The van der Waals surface area contributed by atoms with Crippen LogP contribution >= 0.6 is 15.9 Å². The van der Waals surface area contributed by atoms with Crippen molar-refractivity contribution in [1.82, 2.24) is 4.98 Å². The van der Waals surface area contributed by atoms with Crippen molar-refractivity contribution < 1.29 is 0 Å². The number of nitrogens with zero attached hydrogens (tertiary/aromatic N) is 2. The van der Waals surface area contributed by atoms with E-state index in [0.717, 1.165) is 15.8 Å². The van der Waals surface area contributed by atoms with Crippen molar-refractivity contribution in [2.75, 3.05) is 11.9 Å². The summed E-state index contributed by atoms with van der Waals surface area (Å²) in [6.07, 6.45) is 3.59. The number of para-hydroxylation sites is 1. The van der Waals surface area contributed by atoms with Crippen molar-refractivity contribution in [3.05, 3.63) is 53.3 Å². The zero-order valence-corrected chi connectivity index (χ0v) is 9.98. The van der Waals surface area contributed by atoms with Crippen LogP contribution in [0.1, 0.15) is 0 Å². The van der Waals surface area contributed by atoms with Gasteiger partial charge in [-0.25, -0.2) is 0 Å². The van der Waals surface area contributed by atoms with Crippen molar-refractivity contribution in [3.8, 4) is 0 Å². The number of aromatic nitrogens is 1. The molecular weight excluding hydrogens is 252 g/mol. The molecule has 76 valence electrons. The van der Waals surface area contributed by atoms with Gasteiger partial charge in [-0.15, -0.1) is 0 Å². The Morgan fingerprint density at radius 1 is 1.13 bits per heavy atom. The topological polar surface area (TPSA) is 16.1 Å². The maximum absolute atomic E-state index is 4.05. The molecule has 0 saturated carbocycles. The van der Waals surface area contributed by atoms with E-state index in [1.165, 1.54) is 0 Å². The number of rotatable bonds is 2. The Bertz CT molecular complexity index is 442. The number of halogens is 1. The molecule has 0 bridgehead atoms. The molecule has 1 aromatic carbocycles. The second kappa shape index (κ2) is 4.45. The lowest BCUT2D eigenvalue weighted by Crippen LogP contribution is -2.09. The van der Waals surface area contributed by atoms with Gasteiger partial charge in [0.05, 0.1) is 10.2 Å². The number of hydrogen-bond acceptors (Lipinski definition) is 2. The van der Waals surface area contributed by atoms with Crippen LogP contribution in [-0.2, 0) is 0 Å². The largest absolute Gasteiger partial charge is 0.344 e. The van der Waals surface area contributed by atoms with Crippen molar-refractivity contribution in [2.45, 2.75) is 0 Å². The molecule has 0 atom stereocenters. The Kier molecular flexibility index (Phi) is 3.02. The second-order valence-electron chi connectivity index (χ2n) is 3.22. The van der Waals surface area contributed by atoms with Gasteiger partial charge in [0.25, 0.3) is 0 Å². The van der Waals surface area contributed by atoms with E-state index in [-0.39, 0.29) is 0 Å². The maximum atomic E-state index is 4.05. The number of benzene rings is 1. The minimum Gasteiger partial charge on any atom is -0.344 e. The van der Waals surface area contributed by atoms with Crippen LogP contribution in [0.25, 0.3) is 0 Å². The minimum absolute atomic E-state index is 0.997. The smallest absolute Gasteiger partial charge is 0.0595 e. The highest BCUT2D eigenvalue weighted by atomic mass is 79.9. The molecule has 2 aromatic rings. The Morgan fingerprint density at radius 2 is 1.87 bits per heavy atom. The van der Waals surface area contributed by atoms with E-state index in [9.17, 15) is 0 Å². The number of hydrogen-bond donors (Lipinski definition) is 0. The van der Waals surface area contributed by atoms with E-state index in [1.807, 2.05) is 31.3 Å². The monoisotopic (exact) mass is 262 g/mol. The molecule has 0 aliphatic carbocycles. The summed E-state index contributed by atoms with van der Waals surface area (Å²) in [7, 11) is 2.04. The van der Waals surface area contributed by atoms with E-state index < -0.39 is 0 Å². The van der Waals surface area contributed by atoms with E-state index in [1.54, 1.807) is 12.4 Å². The molecule has 0 saturated heterocycles. The minimum atomic E-state index is 0.997. The van der Waals surface area contributed by atoms with Crippen molar-refractivity contribution in [2.24, 2.45) is 0 Å². The van der Waals surface area contributed by atoms with Gasteiger partial charge < -0.3 is 4.90 Å². The molecule has 0 fully saturated rings. The van der Waals surface area contributed by atoms with Gasteiger partial charge in [-0.05, 0) is 34.1 Å². The zero-order valence-electron chi connectivity index (χ0n) is 8.39. The zero-order chi connectivity index (χ0) is 10.7. The van der Waals surface area contributed by atoms with E-state index in [2.05, 4.69) is 37.9 Å². The van der Waals surface area contributed by atoms with Gasteiger partial charge in [0, 0.05) is 25.1 Å². The third-order valence-corrected chi connectivity index (χ3v) is 2.87. The highest BCUT2D eigenvalue weighted by Gasteiger charge is 2.06. The number of pyridine rings is 1. The van der Waals surface area contributed by atoms with Gasteiger partial charge in [-0.2, -0.15) is 0 Å². The summed E-state index contributed by atoms with van der Waals surface area (Å²) in [4.78, 5) is 6.16. The normalized spacial score (nSPS) is 10.0. The van der Waals surface area contributed by atoms with Gasteiger partial charge in [0.1, 0.15) is 0 Å². The molecule has 0 spiro atoms. The Labute approximate surface area is 97.7 Å². The molecule has 0 radical (unpaired) electrons. The average Bonchev–Trinajstić information content (AvgIpc) is 2.30. The van der Waals surface area contributed by atoms with Gasteiger partial charge in [0.2, 0.25) is 0 Å². The van der Waals surface area contributed by atoms with Crippen LogP contribution in [0.2, 0.25) is 0 Å². The molecule has 2 nitrogen and oxygen atoms in total. The van der Waals surface area contributed by atoms with Crippen molar-refractivity contribution >= 4 is 27.3 Å². The third kappa shape index (κ3) is 2.18. The van der Waals surface area contributed by atoms with Crippen molar-refractivity contribution in [3.63, 3.8) is 0 Å². The van der Waals surface area contributed by atoms with Crippen LogP contribution < -0.4 is 4.90 Å². The van der Waals surface area contributed by atoms with E-state index >= 15 is 0 Å².